The SMILES string of the molecule is N#Cc1cc(Cn2c(Nc3ccc4nn(CCO)cc4c3)nc(=O)n(-c3cncc4ccccc34)c2=O)ccc1F. The van der Waals surface area contributed by atoms with Gasteiger partial charge in [-0.15, -0.1) is 0 Å². The molecule has 0 saturated heterocycles. The molecule has 0 saturated carbocycles. The van der Waals surface area contributed by atoms with E-state index in [-0.39, 0.29) is 30.4 Å². The predicted molar refractivity (Wildman–Crippen MR) is 150 cm³/mol. The predicted octanol–water partition coefficient (Wildman–Crippen LogP) is 3.09. The number of nitrogens with zero attached hydrogens (tertiary/aromatic N) is 7. The highest BCUT2D eigenvalue weighted by molar-refractivity contribution is 5.89. The van der Waals surface area contributed by atoms with E-state index in [9.17, 15) is 24.3 Å². The summed E-state index contributed by atoms with van der Waals surface area (Å²) in [4.78, 5) is 35.8. The molecule has 0 aliphatic rings. The second kappa shape index (κ2) is 10.5. The van der Waals surface area contributed by atoms with Crippen molar-refractivity contribution in [1.82, 2.24) is 28.9 Å². The third-order valence-corrected chi connectivity index (χ3v) is 6.59. The molecule has 0 bridgehead atoms. The summed E-state index contributed by atoms with van der Waals surface area (Å²) in [5.74, 6) is -0.726. The molecule has 0 fully saturated rings. The molecule has 0 radical (unpaired) electrons. The van der Waals surface area contributed by atoms with Gasteiger partial charge in [-0.2, -0.15) is 15.3 Å². The van der Waals surface area contributed by atoms with Crippen LogP contribution >= 0.6 is 0 Å². The molecule has 0 unspecified atom stereocenters. The fourth-order valence-corrected chi connectivity index (χ4v) is 4.66. The van der Waals surface area contributed by atoms with E-state index in [1.54, 1.807) is 53.5 Å². The molecule has 6 rings (SSSR count). The van der Waals surface area contributed by atoms with Crippen LogP contribution in [0.3, 0.4) is 0 Å². The lowest BCUT2D eigenvalue weighted by Gasteiger charge is -2.16. The van der Waals surface area contributed by atoms with Gasteiger partial charge in [0.05, 0.1) is 42.7 Å². The zero-order valence-corrected chi connectivity index (χ0v) is 21.4. The first-order valence-corrected chi connectivity index (χ1v) is 12.6. The quantitative estimate of drug-likeness (QED) is 0.310. The number of aromatic nitrogens is 6. The smallest absolute Gasteiger partial charge is 0.359 e. The first-order valence-electron chi connectivity index (χ1n) is 12.6. The summed E-state index contributed by atoms with van der Waals surface area (Å²) in [6, 6.07) is 18.2. The molecule has 0 atom stereocenters. The fourth-order valence-electron chi connectivity index (χ4n) is 4.66. The van der Waals surface area contributed by atoms with Gasteiger partial charge in [-0.1, -0.05) is 30.3 Å². The van der Waals surface area contributed by atoms with Crippen LogP contribution in [0.1, 0.15) is 11.1 Å². The van der Waals surface area contributed by atoms with Gasteiger partial charge in [-0.05, 0) is 35.9 Å². The molecule has 2 N–H and O–H groups in total. The van der Waals surface area contributed by atoms with Crippen LogP contribution in [0.4, 0.5) is 16.0 Å². The van der Waals surface area contributed by atoms with Crippen LogP contribution in [0.5, 0.6) is 0 Å². The molecule has 12 heteroatoms. The molecular formula is C29H21FN8O3. The van der Waals surface area contributed by atoms with Crippen molar-refractivity contribution in [3.8, 4) is 11.8 Å². The van der Waals surface area contributed by atoms with E-state index in [0.29, 0.717) is 28.7 Å². The average molecular weight is 549 g/mol. The minimum Gasteiger partial charge on any atom is -0.394 e. The molecule has 0 spiro atoms. The number of nitriles is 1. The molecule has 0 aliphatic carbocycles. The fraction of sp³-hybridized carbons (Fsp3) is 0.103. The maximum atomic E-state index is 14.0. The Morgan fingerprint density at radius 3 is 2.71 bits per heavy atom. The minimum atomic E-state index is -0.819. The van der Waals surface area contributed by atoms with Gasteiger partial charge in [-0.25, -0.2) is 18.5 Å². The summed E-state index contributed by atoms with van der Waals surface area (Å²) < 4.78 is 17.8. The number of pyridine rings is 1. The van der Waals surface area contributed by atoms with Crippen LogP contribution in [0, 0.1) is 17.1 Å². The summed E-state index contributed by atoms with van der Waals surface area (Å²) in [6.45, 7) is 0.162. The van der Waals surface area contributed by atoms with Gasteiger partial charge in [0.2, 0.25) is 5.95 Å². The third kappa shape index (κ3) is 4.81. The van der Waals surface area contributed by atoms with E-state index in [1.807, 2.05) is 12.1 Å². The van der Waals surface area contributed by atoms with Crippen LogP contribution in [0.2, 0.25) is 0 Å². The maximum Gasteiger partial charge on any atom is 0.359 e. The molecule has 0 aliphatic heterocycles. The van der Waals surface area contributed by atoms with E-state index in [2.05, 4.69) is 20.4 Å². The molecule has 3 heterocycles. The average Bonchev–Trinajstić information content (AvgIpc) is 3.38. The monoisotopic (exact) mass is 548 g/mol. The van der Waals surface area contributed by atoms with E-state index in [1.165, 1.54) is 22.9 Å². The highest BCUT2D eigenvalue weighted by Gasteiger charge is 2.18. The lowest BCUT2D eigenvalue weighted by Crippen LogP contribution is -2.42. The lowest BCUT2D eigenvalue weighted by atomic mass is 10.1. The highest BCUT2D eigenvalue weighted by Crippen LogP contribution is 2.22. The third-order valence-electron chi connectivity index (χ3n) is 6.59. The molecule has 3 aromatic heterocycles. The normalized spacial score (nSPS) is 11.1. The number of halogens is 1. The molecule has 11 nitrogen and oxygen atoms in total. The van der Waals surface area contributed by atoms with Gasteiger partial charge >= 0.3 is 11.4 Å². The minimum absolute atomic E-state index is 0.0469. The number of rotatable bonds is 7. The Labute approximate surface area is 231 Å². The first kappa shape index (κ1) is 25.6. The Hall–Kier alpha value is -5.67. The Balaban J connectivity index is 1.51. The number of anilines is 2. The summed E-state index contributed by atoms with van der Waals surface area (Å²) in [6.07, 6.45) is 4.82. The van der Waals surface area contributed by atoms with Crippen LogP contribution < -0.4 is 16.7 Å². The van der Waals surface area contributed by atoms with Gasteiger partial charge in [0.15, 0.2) is 0 Å². The number of aliphatic hydroxyl groups is 1. The molecule has 6 aromatic rings. The van der Waals surface area contributed by atoms with Crippen molar-refractivity contribution in [1.29, 1.82) is 5.26 Å². The highest BCUT2D eigenvalue weighted by atomic mass is 19.1. The largest absolute Gasteiger partial charge is 0.394 e. The molecule has 3 aromatic carbocycles. The van der Waals surface area contributed by atoms with E-state index >= 15 is 0 Å². The summed E-state index contributed by atoms with van der Waals surface area (Å²) in [7, 11) is 0. The molecular weight excluding hydrogens is 527 g/mol. The van der Waals surface area contributed by atoms with Crippen LogP contribution in [0.25, 0.3) is 27.4 Å². The van der Waals surface area contributed by atoms with Gasteiger partial charge < -0.3 is 10.4 Å². The number of aliphatic hydroxyl groups excluding tert-OH is 1. The summed E-state index contributed by atoms with van der Waals surface area (Å²) >= 11 is 0. The van der Waals surface area contributed by atoms with Crippen molar-refractivity contribution in [2.75, 3.05) is 11.9 Å². The number of fused-ring (bicyclic) bond motifs is 2. The Morgan fingerprint density at radius 2 is 1.88 bits per heavy atom. The number of nitrogens with one attached hydrogen (secondary N) is 1. The molecule has 202 valence electrons. The number of benzene rings is 3. The summed E-state index contributed by atoms with van der Waals surface area (Å²) in [5.41, 5.74) is 0.254. The van der Waals surface area contributed by atoms with Crippen molar-refractivity contribution in [3.05, 3.63) is 117 Å². The van der Waals surface area contributed by atoms with Crippen molar-refractivity contribution in [2.24, 2.45) is 0 Å². The van der Waals surface area contributed by atoms with Gasteiger partial charge in [0.25, 0.3) is 0 Å². The second-order valence-corrected chi connectivity index (χ2v) is 9.24. The second-order valence-electron chi connectivity index (χ2n) is 9.24. The topological polar surface area (TPSA) is 144 Å². The Morgan fingerprint density at radius 1 is 1.02 bits per heavy atom. The number of hydrogen-bond acceptors (Lipinski definition) is 8. The van der Waals surface area contributed by atoms with Gasteiger partial charge in [-0.3, -0.25) is 14.2 Å². The first-order chi connectivity index (χ1) is 19.9. The van der Waals surface area contributed by atoms with Gasteiger partial charge in [0.1, 0.15) is 11.9 Å². The van der Waals surface area contributed by atoms with Crippen molar-refractivity contribution >= 4 is 33.3 Å². The molecule has 41 heavy (non-hydrogen) atoms. The molecule has 0 amide bonds. The Bertz CT molecular complexity index is 2100. The van der Waals surface area contributed by atoms with Crippen LogP contribution in [-0.2, 0) is 13.1 Å². The number of hydrogen-bond donors (Lipinski definition) is 2. The van der Waals surface area contributed by atoms with E-state index in [4.69, 9.17) is 0 Å². The van der Waals surface area contributed by atoms with Crippen molar-refractivity contribution < 1.29 is 9.50 Å². The van der Waals surface area contributed by atoms with Crippen molar-refractivity contribution in [3.63, 3.8) is 0 Å². The van der Waals surface area contributed by atoms with Crippen LogP contribution in [0.15, 0.2) is 88.8 Å². The van der Waals surface area contributed by atoms with Crippen LogP contribution in [-0.4, -0.2) is 40.6 Å². The zero-order valence-electron chi connectivity index (χ0n) is 21.4. The summed E-state index contributed by atoms with van der Waals surface area (Å²) in [5, 5.41) is 28.1. The van der Waals surface area contributed by atoms with Gasteiger partial charge in [0, 0.05) is 34.2 Å². The van der Waals surface area contributed by atoms with Crippen molar-refractivity contribution in [2.45, 2.75) is 13.1 Å². The van der Waals surface area contributed by atoms with E-state index < -0.39 is 17.2 Å². The standard InChI is InChI=1S/C29H21FN8O3/c30-24-7-5-18(11-20(24)13-31)16-37-27(33-22-6-8-25-21(12-22)17-36(35-25)9-10-39)34-28(40)38(29(37)41)26-15-32-14-19-3-1-2-4-23(19)26/h1-8,11-12,14-15,17,39H,9-10,16H2,(H,33,34,40). The Kier molecular flexibility index (Phi) is 6.54. The lowest BCUT2D eigenvalue weighted by molar-refractivity contribution is 0.270. The zero-order chi connectivity index (χ0) is 28.5. The van der Waals surface area contributed by atoms with E-state index in [0.717, 1.165) is 21.4 Å². The maximum absolute atomic E-state index is 14.0.